The van der Waals surface area contributed by atoms with Crippen molar-refractivity contribution in [2.75, 3.05) is 32.1 Å². The number of likely N-dealkylation sites (N-methyl/N-ethyl adjacent to an activating group) is 1. The van der Waals surface area contributed by atoms with Gasteiger partial charge in [-0.2, -0.15) is 0 Å². The van der Waals surface area contributed by atoms with Gasteiger partial charge in [0.15, 0.2) is 6.54 Å². The Morgan fingerprint density at radius 3 is 2.65 bits per heavy atom. The number of rotatable bonds is 7. The molecule has 4 nitrogen and oxygen atoms in total. The molecule has 0 heterocycles. The van der Waals surface area contributed by atoms with Gasteiger partial charge >= 0.3 is 0 Å². The van der Waals surface area contributed by atoms with Crippen molar-refractivity contribution >= 4 is 27.5 Å². The van der Waals surface area contributed by atoms with Crippen LogP contribution in [0.4, 0.5) is 5.69 Å². The highest BCUT2D eigenvalue weighted by Gasteiger charge is 2.10. The molecule has 0 saturated heterocycles. The first-order valence-electron chi connectivity index (χ1n) is 7.59. The van der Waals surface area contributed by atoms with Gasteiger partial charge in [0.05, 0.1) is 7.05 Å². The molecule has 0 fully saturated rings. The summed E-state index contributed by atoms with van der Waals surface area (Å²) in [5, 5.41) is 2.92. The van der Waals surface area contributed by atoms with E-state index in [-0.39, 0.29) is 5.91 Å². The zero-order chi connectivity index (χ0) is 16.7. The minimum absolute atomic E-state index is 0.0109. The predicted octanol–water partition coefficient (Wildman–Crippen LogP) is 2.29. The van der Waals surface area contributed by atoms with Crippen molar-refractivity contribution in [3.63, 3.8) is 0 Å². The highest BCUT2D eigenvalue weighted by Crippen LogP contribution is 2.15. The summed E-state index contributed by atoms with van der Waals surface area (Å²) in [6.45, 7) is 3.76. The SMILES string of the molecule is Cc1cccc(NC(=O)C[NH+](C)CCOc2ccc(Br)cc2)c1. The molecule has 0 aliphatic carbocycles. The summed E-state index contributed by atoms with van der Waals surface area (Å²) in [5.74, 6) is 0.849. The summed E-state index contributed by atoms with van der Waals surface area (Å²) in [4.78, 5) is 13.1. The summed E-state index contributed by atoms with van der Waals surface area (Å²) in [6, 6.07) is 15.5. The number of carbonyl (C=O) groups excluding carboxylic acids is 1. The molecule has 23 heavy (non-hydrogen) atoms. The molecule has 2 aromatic rings. The summed E-state index contributed by atoms with van der Waals surface area (Å²) < 4.78 is 6.70. The molecular weight excluding hydrogens is 356 g/mol. The second-order valence-corrected chi connectivity index (χ2v) is 6.52. The summed E-state index contributed by atoms with van der Waals surface area (Å²) in [5.41, 5.74) is 1.97. The number of halogens is 1. The van der Waals surface area contributed by atoms with Crippen molar-refractivity contribution in [1.29, 1.82) is 0 Å². The highest BCUT2D eigenvalue weighted by molar-refractivity contribution is 9.10. The highest BCUT2D eigenvalue weighted by atomic mass is 79.9. The number of anilines is 1. The monoisotopic (exact) mass is 377 g/mol. The van der Waals surface area contributed by atoms with E-state index in [9.17, 15) is 4.79 Å². The van der Waals surface area contributed by atoms with E-state index < -0.39 is 0 Å². The van der Waals surface area contributed by atoms with Gasteiger partial charge in [-0.25, -0.2) is 0 Å². The van der Waals surface area contributed by atoms with Gasteiger partial charge in [0.2, 0.25) is 0 Å². The van der Waals surface area contributed by atoms with E-state index in [0.717, 1.165) is 32.9 Å². The third kappa shape index (κ3) is 6.42. The topological polar surface area (TPSA) is 42.8 Å². The van der Waals surface area contributed by atoms with Gasteiger partial charge < -0.3 is 15.0 Å². The molecule has 0 saturated carbocycles. The average molecular weight is 378 g/mol. The Bertz CT molecular complexity index is 644. The molecule has 0 aliphatic heterocycles. The van der Waals surface area contributed by atoms with Crippen molar-refractivity contribution in [1.82, 2.24) is 0 Å². The van der Waals surface area contributed by atoms with Gasteiger partial charge in [-0.3, -0.25) is 4.79 Å². The first-order chi connectivity index (χ1) is 11.0. The van der Waals surface area contributed by atoms with Crippen LogP contribution in [0.3, 0.4) is 0 Å². The predicted molar refractivity (Wildman–Crippen MR) is 96.1 cm³/mol. The van der Waals surface area contributed by atoms with Gasteiger partial charge in [-0.05, 0) is 48.9 Å². The summed E-state index contributed by atoms with van der Waals surface area (Å²) >= 11 is 3.39. The number of hydrogen-bond donors (Lipinski definition) is 2. The van der Waals surface area contributed by atoms with E-state index in [0.29, 0.717) is 13.2 Å². The van der Waals surface area contributed by atoms with Crippen molar-refractivity contribution < 1.29 is 14.4 Å². The number of aryl methyl sites for hydroxylation is 1. The van der Waals surface area contributed by atoms with Crippen LogP contribution >= 0.6 is 15.9 Å². The third-order valence-corrected chi connectivity index (χ3v) is 3.90. The Kier molecular flexibility index (Phi) is 6.62. The van der Waals surface area contributed by atoms with Crippen LogP contribution in [-0.4, -0.2) is 32.7 Å². The first-order valence-corrected chi connectivity index (χ1v) is 8.38. The quantitative estimate of drug-likeness (QED) is 0.777. The molecule has 2 aromatic carbocycles. The number of ether oxygens (including phenoxy) is 1. The second-order valence-electron chi connectivity index (χ2n) is 5.60. The number of carbonyl (C=O) groups is 1. The number of nitrogens with one attached hydrogen (secondary N) is 2. The zero-order valence-electron chi connectivity index (χ0n) is 13.4. The molecule has 0 radical (unpaired) electrons. The molecule has 2 N–H and O–H groups in total. The van der Waals surface area contributed by atoms with Crippen LogP contribution in [0, 0.1) is 6.92 Å². The van der Waals surface area contributed by atoms with Crippen LogP contribution in [0.1, 0.15) is 5.56 Å². The van der Waals surface area contributed by atoms with Crippen LogP contribution in [0.2, 0.25) is 0 Å². The van der Waals surface area contributed by atoms with Crippen LogP contribution in [0.25, 0.3) is 0 Å². The Morgan fingerprint density at radius 1 is 1.22 bits per heavy atom. The van der Waals surface area contributed by atoms with Gasteiger partial charge in [0, 0.05) is 10.2 Å². The summed E-state index contributed by atoms with van der Waals surface area (Å²) in [7, 11) is 1.99. The van der Waals surface area contributed by atoms with Gasteiger partial charge in [0.25, 0.3) is 5.91 Å². The Morgan fingerprint density at radius 2 is 1.96 bits per heavy atom. The fourth-order valence-corrected chi connectivity index (χ4v) is 2.43. The van der Waals surface area contributed by atoms with Crippen molar-refractivity contribution in [2.24, 2.45) is 0 Å². The van der Waals surface area contributed by atoms with Crippen molar-refractivity contribution in [2.45, 2.75) is 6.92 Å². The standard InChI is InChI=1S/C18H21BrN2O2/c1-14-4-3-5-16(12-14)20-18(22)13-21(2)10-11-23-17-8-6-15(19)7-9-17/h3-9,12H,10-11,13H2,1-2H3,(H,20,22)/p+1. The molecule has 1 amide bonds. The van der Waals surface area contributed by atoms with Gasteiger partial charge in [-0.1, -0.05) is 28.1 Å². The number of amides is 1. The fourth-order valence-electron chi connectivity index (χ4n) is 2.16. The fraction of sp³-hybridized carbons (Fsp3) is 0.278. The molecule has 1 atom stereocenters. The Labute approximate surface area is 145 Å². The van der Waals surface area contributed by atoms with Crippen LogP contribution in [0.15, 0.2) is 53.0 Å². The van der Waals surface area contributed by atoms with Crippen LogP contribution in [-0.2, 0) is 4.79 Å². The number of benzene rings is 2. The lowest BCUT2D eigenvalue weighted by Gasteiger charge is -2.14. The first kappa shape index (κ1) is 17.5. The average Bonchev–Trinajstić information content (AvgIpc) is 2.49. The van der Waals surface area contributed by atoms with Gasteiger partial charge in [0.1, 0.15) is 18.9 Å². The van der Waals surface area contributed by atoms with E-state index >= 15 is 0 Å². The van der Waals surface area contributed by atoms with E-state index in [4.69, 9.17) is 4.74 Å². The molecule has 0 spiro atoms. The van der Waals surface area contributed by atoms with E-state index in [1.807, 2.05) is 62.5 Å². The summed E-state index contributed by atoms with van der Waals surface area (Å²) in [6.07, 6.45) is 0. The van der Waals surface area contributed by atoms with Crippen LogP contribution < -0.4 is 15.0 Å². The minimum Gasteiger partial charge on any atom is -0.488 e. The maximum absolute atomic E-state index is 12.0. The second kappa shape index (κ2) is 8.70. The molecule has 5 heteroatoms. The largest absolute Gasteiger partial charge is 0.488 e. The Balaban J connectivity index is 1.70. The smallest absolute Gasteiger partial charge is 0.279 e. The lowest BCUT2D eigenvalue weighted by Crippen LogP contribution is -3.10. The maximum Gasteiger partial charge on any atom is 0.279 e. The molecule has 0 bridgehead atoms. The Hall–Kier alpha value is -1.85. The molecule has 0 aromatic heterocycles. The maximum atomic E-state index is 12.0. The molecule has 1 unspecified atom stereocenters. The molecular formula is C18H22BrN2O2+. The third-order valence-electron chi connectivity index (χ3n) is 3.38. The van der Waals surface area contributed by atoms with Gasteiger partial charge in [-0.15, -0.1) is 0 Å². The molecule has 0 aliphatic rings. The van der Waals surface area contributed by atoms with Crippen molar-refractivity contribution in [3.05, 3.63) is 58.6 Å². The van der Waals surface area contributed by atoms with Crippen LogP contribution in [0.5, 0.6) is 5.75 Å². The van der Waals surface area contributed by atoms with E-state index in [1.54, 1.807) is 0 Å². The number of hydrogen-bond acceptors (Lipinski definition) is 2. The van der Waals surface area contributed by atoms with E-state index in [1.165, 1.54) is 0 Å². The lowest BCUT2D eigenvalue weighted by molar-refractivity contribution is -0.871. The lowest BCUT2D eigenvalue weighted by atomic mass is 10.2. The van der Waals surface area contributed by atoms with E-state index in [2.05, 4.69) is 21.2 Å². The normalized spacial score (nSPS) is 11.8. The minimum atomic E-state index is 0.0109. The number of quaternary nitrogens is 1. The van der Waals surface area contributed by atoms with Crippen molar-refractivity contribution in [3.8, 4) is 5.75 Å². The molecule has 2 rings (SSSR count). The molecule has 122 valence electrons. The zero-order valence-corrected chi connectivity index (χ0v) is 15.0.